The van der Waals surface area contributed by atoms with E-state index in [2.05, 4.69) is 4.98 Å². The third-order valence-corrected chi connectivity index (χ3v) is 6.63. The molecule has 182 valence electrons. The minimum Gasteiger partial charge on any atom is -0.494 e. The summed E-state index contributed by atoms with van der Waals surface area (Å²) in [7, 11) is 0. The van der Waals surface area contributed by atoms with Gasteiger partial charge in [-0.05, 0) is 52.7 Å². The summed E-state index contributed by atoms with van der Waals surface area (Å²) in [6.07, 6.45) is 3.09. The van der Waals surface area contributed by atoms with Gasteiger partial charge in [-0.2, -0.15) is 0 Å². The highest BCUT2D eigenvalue weighted by Crippen LogP contribution is 2.42. The Kier molecular flexibility index (Phi) is 6.73. The zero-order valence-electron chi connectivity index (χ0n) is 19.7. The first-order chi connectivity index (χ1) is 16.0. The third kappa shape index (κ3) is 4.69. The van der Waals surface area contributed by atoms with Gasteiger partial charge in [0.2, 0.25) is 5.88 Å². The van der Waals surface area contributed by atoms with Gasteiger partial charge in [-0.15, -0.1) is 0 Å². The smallest absolute Gasteiger partial charge is 0.410 e. The lowest BCUT2D eigenvalue weighted by molar-refractivity contribution is 0.0212. The van der Waals surface area contributed by atoms with E-state index in [4.69, 9.17) is 27.9 Å². The fourth-order valence-corrected chi connectivity index (χ4v) is 5.07. The number of aliphatic hydroxyl groups is 1. The molecule has 1 amide bonds. The minimum absolute atomic E-state index is 0.00857. The Morgan fingerprint density at radius 3 is 2.68 bits per heavy atom. The van der Waals surface area contributed by atoms with Crippen molar-refractivity contribution >= 4 is 40.2 Å². The highest BCUT2D eigenvalue weighted by molar-refractivity contribution is 6.36. The first-order valence-corrected chi connectivity index (χ1v) is 12.0. The number of aromatic hydroxyl groups is 1. The van der Waals surface area contributed by atoms with Crippen LogP contribution in [0.15, 0.2) is 24.4 Å². The van der Waals surface area contributed by atoms with E-state index in [1.807, 2.05) is 27.7 Å². The zero-order valence-corrected chi connectivity index (χ0v) is 21.2. The van der Waals surface area contributed by atoms with Crippen LogP contribution in [-0.2, 0) is 17.9 Å². The fraction of sp³-hybridized carbons (Fsp3) is 0.440. The van der Waals surface area contributed by atoms with Gasteiger partial charge < -0.3 is 24.4 Å². The van der Waals surface area contributed by atoms with E-state index >= 15 is 0 Å². The van der Waals surface area contributed by atoms with E-state index in [0.717, 1.165) is 12.8 Å². The molecular weight excluding hydrogens is 477 g/mol. The average molecular weight is 506 g/mol. The van der Waals surface area contributed by atoms with Crippen LogP contribution in [0.3, 0.4) is 0 Å². The van der Waals surface area contributed by atoms with Crippen molar-refractivity contribution in [3.63, 3.8) is 0 Å². The Bertz CT molecular complexity index is 1250. The van der Waals surface area contributed by atoms with Gasteiger partial charge in [0.1, 0.15) is 5.60 Å². The van der Waals surface area contributed by atoms with Gasteiger partial charge in [-0.3, -0.25) is 4.98 Å². The Hall–Kier alpha value is -2.48. The molecule has 0 saturated carbocycles. The molecule has 2 aromatic heterocycles. The van der Waals surface area contributed by atoms with Crippen LogP contribution in [0, 0.1) is 6.92 Å². The predicted octanol–water partition coefficient (Wildman–Crippen LogP) is 5.92. The number of ether oxygens (including phenoxy) is 1. The van der Waals surface area contributed by atoms with Crippen molar-refractivity contribution in [2.24, 2.45) is 0 Å². The molecule has 0 spiro atoms. The summed E-state index contributed by atoms with van der Waals surface area (Å²) < 4.78 is 7.28. The van der Waals surface area contributed by atoms with Crippen molar-refractivity contribution in [3.05, 3.63) is 45.7 Å². The molecule has 0 radical (unpaired) electrons. The topological polar surface area (TPSA) is 87.8 Å². The Morgan fingerprint density at radius 2 is 2.03 bits per heavy atom. The number of nitrogens with zero attached hydrogens (tertiary/aromatic N) is 3. The molecule has 4 rings (SSSR count). The van der Waals surface area contributed by atoms with Crippen LogP contribution in [0.5, 0.6) is 5.88 Å². The van der Waals surface area contributed by atoms with E-state index < -0.39 is 5.60 Å². The van der Waals surface area contributed by atoms with Crippen LogP contribution in [0.1, 0.15) is 44.9 Å². The molecule has 1 aromatic carbocycles. The fourth-order valence-electron chi connectivity index (χ4n) is 4.57. The maximum Gasteiger partial charge on any atom is 0.410 e. The summed E-state index contributed by atoms with van der Waals surface area (Å²) in [5.41, 5.74) is 2.50. The van der Waals surface area contributed by atoms with Crippen molar-refractivity contribution < 1.29 is 19.7 Å². The molecule has 1 aliphatic rings. The second-order valence-corrected chi connectivity index (χ2v) is 10.5. The Morgan fingerprint density at radius 1 is 1.29 bits per heavy atom. The van der Waals surface area contributed by atoms with Crippen molar-refractivity contribution in [2.75, 3.05) is 6.54 Å². The highest BCUT2D eigenvalue weighted by Gasteiger charge is 2.33. The first-order valence-electron chi connectivity index (χ1n) is 11.3. The second-order valence-electron chi connectivity index (χ2n) is 9.67. The monoisotopic (exact) mass is 505 g/mol. The standard InChI is InChI=1S/C25H29Cl2N3O4/c1-14-18(13-31)21(17-8-7-15(26)10-19(17)27)22-20(28-14)12-29(23(22)32)11-16-6-5-9-30(16)24(33)34-25(2,3)4/h7-8,10,12,16,31-32H,5-6,9,11,13H2,1-4H3/t16-/m0/s1. The van der Waals surface area contributed by atoms with Crippen LogP contribution >= 0.6 is 23.2 Å². The van der Waals surface area contributed by atoms with Gasteiger partial charge in [0.25, 0.3) is 0 Å². The van der Waals surface area contributed by atoms with Gasteiger partial charge in [-0.25, -0.2) is 4.79 Å². The van der Waals surface area contributed by atoms with Crippen molar-refractivity contribution in [3.8, 4) is 17.0 Å². The molecule has 9 heteroatoms. The van der Waals surface area contributed by atoms with Crippen molar-refractivity contribution in [1.82, 2.24) is 14.5 Å². The van der Waals surface area contributed by atoms with E-state index in [1.165, 1.54) is 0 Å². The molecule has 1 saturated heterocycles. The number of halogens is 2. The summed E-state index contributed by atoms with van der Waals surface area (Å²) in [4.78, 5) is 19.1. The summed E-state index contributed by atoms with van der Waals surface area (Å²) in [5, 5.41) is 22.8. The quantitative estimate of drug-likeness (QED) is 0.459. The van der Waals surface area contributed by atoms with Crippen LogP contribution in [-0.4, -0.2) is 48.9 Å². The summed E-state index contributed by atoms with van der Waals surface area (Å²) in [5.74, 6) is 0.00857. The summed E-state index contributed by atoms with van der Waals surface area (Å²) in [6.45, 7) is 8.09. The van der Waals surface area contributed by atoms with Crippen LogP contribution in [0.2, 0.25) is 10.0 Å². The van der Waals surface area contributed by atoms with Gasteiger partial charge in [0.05, 0.1) is 23.6 Å². The molecule has 7 nitrogen and oxygen atoms in total. The first kappa shape index (κ1) is 24.6. The number of hydrogen-bond acceptors (Lipinski definition) is 5. The van der Waals surface area contributed by atoms with Crippen LogP contribution in [0.25, 0.3) is 22.0 Å². The number of aliphatic hydroxyl groups excluding tert-OH is 1. The molecule has 0 bridgehead atoms. The third-order valence-electron chi connectivity index (χ3n) is 6.08. The number of hydrogen-bond donors (Lipinski definition) is 2. The molecule has 34 heavy (non-hydrogen) atoms. The lowest BCUT2D eigenvalue weighted by atomic mass is 9.96. The lowest BCUT2D eigenvalue weighted by Gasteiger charge is -2.29. The molecule has 3 aromatic rings. The van der Waals surface area contributed by atoms with Crippen LogP contribution < -0.4 is 0 Å². The maximum atomic E-state index is 12.7. The van der Waals surface area contributed by atoms with E-state index in [9.17, 15) is 15.0 Å². The molecule has 1 fully saturated rings. The van der Waals surface area contributed by atoms with E-state index in [0.29, 0.717) is 56.4 Å². The van der Waals surface area contributed by atoms with Gasteiger partial charge in [0, 0.05) is 51.7 Å². The minimum atomic E-state index is -0.580. The molecule has 0 aliphatic carbocycles. The normalized spacial score (nSPS) is 16.4. The maximum absolute atomic E-state index is 12.7. The molecule has 3 heterocycles. The predicted molar refractivity (Wildman–Crippen MR) is 133 cm³/mol. The van der Waals surface area contributed by atoms with E-state index in [-0.39, 0.29) is 24.6 Å². The second kappa shape index (κ2) is 9.29. The Labute approximate surface area is 208 Å². The number of aryl methyl sites for hydroxylation is 1. The number of pyridine rings is 1. The number of aromatic nitrogens is 2. The number of likely N-dealkylation sites (tertiary alicyclic amines) is 1. The zero-order chi connectivity index (χ0) is 24.8. The molecular formula is C25H29Cl2N3O4. The largest absolute Gasteiger partial charge is 0.494 e. The van der Waals surface area contributed by atoms with E-state index in [1.54, 1.807) is 33.9 Å². The van der Waals surface area contributed by atoms with Gasteiger partial charge in [0.15, 0.2) is 0 Å². The summed E-state index contributed by atoms with van der Waals surface area (Å²) >= 11 is 12.6. The van der Waals surface area contributed by atoms with Crippen molar-refractivity contribution in [2.45, 2.75) is 65.3 Å². The number of amides is 1. The molecule has 1 aliphatic heterocycles. The number of rotatable bonds is 4. The SMILES string of the molecule is Cc1nc2cn(C[C@@H]3CCCN3C(=O)OC(C)(C)C)c(O)c2c(-c2ccc(Cl)cc2Cl)c1CO. The average Bonchev–Trinajstić information content (AvgIpc) is 3.31. The molecule has 0 unspecified atom stereocenters. The number of carbonyl (C=O) groups is 1. The van der Waals surface area contributed by atoms with Crippen molar-refractivity contribution in [1.29, 1.82) is 0 Å². The van der Waals surface area contributed by atoms with Crippen LogP contribution in [0.4, 0.5) is 4.79 Å². The molecule has 1 atom stereocenters. The number of fused-ring (bicyclic) bond motifs is 1. The lowest BCUT2D eigenvalue weighted by Crippen LogP contribution is -2.41. The number of carbonyl (C=O) groups excluding carboxylic acids is 1. The summed E-state index contributed by atoms with van der Waals surface area (Å²) in [6, 6.07) is 5.00. The number of benzene rings is 1. The van der Waals surface area contributed by atoms with Gasteiger partial charge >= 0.3 is 6.09 Å². The van der Waals surface area contributed by atoms with Gasteiger partial charge in [-0.1, -0.05) is 29.3 Å². The Balaban J connectivity index is 1.78. The molecule has 2 N–H and O–H groups in total. The highest BCUT2D eigenvalue weighted by atomic mass is 35.5.